The Balaban J connectivity index is 1.55. The highest BCUT2D eigenvalue weighted by Crippen LogP contribution is 2.28. The van der Waals surface area contributed by atoms with Gasteiger partial charge in [0.25, 0.3) is 5.71 Å². The summed E-state index contributed by atoms with van der Waals surface area (Å²) in [7, 11) is 0. The van der Waals surface area contributed by atoms with Crippen molar-refractivity contribution in [1.29, 1.82) is 0 Å². The summed E-state index contributed by atoms with van der Waals surface area (Å²) in [5, 5.41) is 11.8. The molecule has 0 spiro atoms. The zero-order chi connectivity index (χ0) is 22.4. The maximum absolute atomic E-state index is 12.8. The molecule has 9 heteroatoms. The monoisotopic (exact) mass is 429 g/mol. The molecule has 0 radical (unpaired) electrons. The number of hydrogen-bond donors (Lipinski definition) is 4. The third-order valence-electron chi connectivity index (χ3n) is 6.29. The summed E-state index contributed by atoms with van der Waals surface area (Å²) in [6, 6.07) is 1.12. The number of carbonyl (C=O) groups is 3. The maximum Gasteiger partial charge on any atom is 0.313 e. The molecule has 3 amide bonds. The average Bonchev–Trinajstić information content (AvgIpc) is 3.25. The van der Waals surface area contributed by atoms with Gasteiger partial charge in [-0.15, -0.1) is 0 Å². The van der Waals surface area contributed by atoms with Crippen LogP contribution >= 0.6 is 0 Å². The number of hydrogen-bond acceptors (Lipinski definition) is 5. The van der Waals surface area contributed by atoms with Gasteiger partial charge < -0.3 is 21.3 Å². The van der Waals surface area contributed by atoms with Crippen LogP contribution in [0.1, 0.15) is 51.0 Å². The fraction of sp³-hybridized carbons (Fsp3) is 0.591. The lowest BCUT2D eigenvalue weighted by Crippen LogP contribution is -2.49. The minimum atomic E-state index is -0.746. The average molecular weight is 430 g/mol. The first-order valence-electron chi connectivity index (χ1n) is 11.0. The Kier molecular flexibility index (Phi) is 7.59. The highest BCUT2D eigenvalue weighted by molar-refractivity contribution is 6.43. The molecule has 3 atom stereocenters. The first-order valence-corrected chi connectivity index (χ1v) is 11.0. The molecule has 2 fully saturated rings. The summed E-state index contributed by atoms with van der Waals surface area (Å²) in [5.41, 5.74) is 6.00. The van der Waals surface area contributed by atoms with Crippen LogP contribution in [0.5, 0.6) is 0 Å². The van der Waals surface area contributed by atoms with E-state index < -0.39 is 11.9 Å². The van der Waals surface area contributed by atoms with Gasteiger partial charge in [-0.3, -0.25) is 19.4 Å². The molecule has 0 aromatic carbocycles. The number of primary amides is 1. The van der Waals surface area contributed by atoms with Crippen LogP contribution in [0.2, 0.25) is 0 Å². The second-order valence-electron chi connectivity index (χ2n) is 8.68. The molecule has 2 aliphatic rings. The van der Waals surface area contributed by atoms with Crippen LogP contribution in [-0.2, 0) is 14.4 Å². The van der Waals surface area contributed by atoms with Crippen LogP contribution in [0.25, 0.3) is 0 Å². The summed E-state index contributed by atoms with van der Waals surface area (Å²) >= 11 is 0. The highest BCUT2D eigenvalue weighted by Gasteiger charge is 2.34. The molecule has 1 saturated carbocycles. The van der Waals surface area contributed by atoms with Gasteiger partial charge >= 0.3 is 5.91 Å². The minimum Gasteiger partial charge on any atom is -0.374 e. The van der Waals surface area contributed by atoms with E-state index in [0.717, 1.165) is 19.3 Å². The number of nitrogens with two attached hydrogens (primary N) is 2. The smallest absolute Gasteiger partial charge is 0.313 e. The SMILES string of the molecule is CC1CCCC(CNC(=O)[C@@H]2CCCN2C(=O)CNc2cnccc2C(=[NH2+])C(N)=O)C1. The molecule has 2 unspecified atom stereocenters. The van der Waals surface area contributed by atoms with Crippen molar-refractivity contribution in [3.8, 4) is 0 Å². The second-order valence-corrected chi connectivity index (χ2v) is 8.68. The van der Waals surface area contributed by atoms with Crippen LogP contribution in [0, 0.1) is 11.8 Å². The topological polar surface area (TPSA) is 143 Å². The van der Waals surface area contributed by atoms with Crippen LogP contribution in [0.3, 0.4) is 0 Å². The molecule has 6 N–H and O–H groups in total. The normalized spacial score (nSPS) is 23.3. The molecule has 1 aromatic heterocycles. The first kappa shape index (κ1) is 22.7. The summed E-state index contributed by atoms with van der Waals surface area (Å²) < 4.78 is 0. The molecule has 31 heavy (non-hydrogen) atoms. The lowest BCUT2D eigenvalue weighted by atomic mass is 9.82. The number of amides is 3. The van der Waals surface area contributed by atoms with Crippen molar-refractivity contribution in [2.24, 2.45) is 17.6 Å². The third-order valence-corrected chi connectivity index (χ3v) is 6.29. The molecule has 1 aliphatic heterocycles. The van der Waals surface area contributed by atoms with Gasteiger partial charge in [-0.05, 0) is 43.6 Å². The van der Waals surface area contributed by atoms with Crippen LogP contribution in [0.15, 0.2) is 18.5 Å². The maximum atomic E-state index is 12.8. The largest absolute Gasteiger partial charge is 0.374 e. The van der Waals surface area contributed by atoms with Gasteiger partial charge in [-0.2, -0.15) is 0 Å². The summed E-state index contributed by atoms with van der Waals surface area (Å²) in [6.45, 7) is 3.46. The van der Waals surface area contributed by atoms with E-state index in [2.05, 4.69) is 22.5 Å². The Morgan fingerprint density at radius 3 is 2.81 bits per heavy atom. The first-order chi connectivity index (χ1) is 14.9. The summed E-state index contributed by atoms with van der Waals surface area (Å²) in [6.07, 6.45) is 9.23. The van der Waals surface area contributed by atoms with Crippen molar-refractivity contribution in [3.63, 3.8) is 0 Å². The lowest BCUT2D eigenvalue weighted by molar-refractivity contribution is -0.137. The second kappa shape index (κ2) is 10.4. The van der Waals surface area contributed by atoms with Crippen LogP contribution in [-0.4, -0.2) is 59.0 Å². The zero-order valence-electron chi connectivity index (χ0n) is 18.1. The van der Waals surface area contributed by atoms with E-state index in [4.69, 9.17) is 11.1 Å². The Labute approximate surface area is 182 Å². The van der Waals surface area contributed by atoms with Gasteiger partial charge in [0.1, 0.15) is 6.04 Å². The van der Waals surface area contributed by atoms with E-state index in [0.29, 0.717) is 42.6 Å². The molecule has 0 bridgehead atoms. The standard InChI is InChI=1S/C22H32N6O3/c1-14-4-2-5-15(10-14)11-27-22(31)18-6-3-9-28(18)19(29)13-26-17-12-25-8-7-16(17)20(23)21(24)30/h7-8,12,14-15,18,23,26H,2-6,9-11,13H2,1H3,(H2,24,30)(H,27,31)/p+1/t14?,15?,18-/m0/s1. The number of nitrogens with one attached hydrogen (secondary N) is 2. The Morgan fingerprint density at radius 1 is 1.26 bits per heavy atom. The van der Waals surface area contributed by atoms with Crippen LogP contribution in [0.4, 0.5) is 5.69 Å². The number of likely N-dealkylation sites (tertiary alicyclic amines) is 1. The van der Waals surface area contributed by atoms with Crippen molar-refractivity contribution in [1.82, 2.24) is 15.2 Å². The molecule has 1 aromatic rings. The summed E-state index contributed by atoms with van der Waals surface area (Å²) in [5.74, 6) is 0.235. The van der Waals surface area contributed by atoms with Gasteiger partial charge in [0.2, 0.25) is 11.8 Å². The predicted octanol–water partition coefficient (Wildman–Crippen LogP) is -0.539. The highest BCUT2D eigenvalue weighted by atomic mass is 16.2. The van der Waals surface area contributed by atoms with E-state index in [9.17, 15) is 14.4 Å². The molecule has 3 rings (SSSR count). The minimum absolute atomic E-state index is 0.0331. The molecular formula is C22H33N6O3+. The molecule has 9 nitrogen and oxygen atoms in total. The van der Waals surface area contributed by atoms with Gasteiger partial charge in [0.05, 0.1) is 24.0 Å². The van der Waals surface area contributed by atoms with Gasteiger partial charge in [-0.25, -0.2) is 5.41 Å². The molecular weight excluding hydrogens is 396 g/mol. The van der Waals surface area contributed by atoms with Crippen molar-refractivity contribution in [2.45, 2.75) is 51.5 Å². The Morgan fingerprint density at radius 2 is 2.06 bits per heavy atom. The molecule has 168 valence electrons. The molecule has 2 heterocycles. The van der Waals surface area contributed by atoms with Crippen molar-refractivity contribution in [2.75, 3.05) is 25.0 Å². The van der Waals surface area contributed by atoms with Gasteiger partial charge in [0, 0.05) is 19.3 Å². The van der Waals surface area contributed by atoms with E-state index in [1.54, 1.807) is 11.0 Å². The summed E-state index contributed by atoms with van der Waals surface area (Å²) in [4.78, 5) is 42.6. The quantitative estimate of drug-likeness (QED) is 0.411. The fourth-order valence-corrected chi connectivity index (χ4v) is 4.62. The van der Waals surface area contributed by atoms with E-state index in [1.807, 2.05) is 0 Å². The zero-order valence-corrected chi connectivity index (χ0v) is 18.1. The number of aromatic nitrogens is 1. The van der Waals surface area contributed by atoms with E-state index in [1.165, 1.54) is 25.2 Å². The predicted molar refractivity (Wildman–Crippen MR) is 117 cm³/mol. The van der Waals surface area contributed by atoms with E-state index in [-0.39, 0.29) is 24.1 Å². The molecule has 1 saturated heterocycles. The number of pyridine rings is 1. The van der Waals surface area contributed by atoms with Crippen molar-refractivity contribution >= 4 is 29.1 Å². The van der Waals surface area contributed by atoms with Gasteiger partial charge in [-0.1, -0.05) is 19.8 Å². The Hall–Kier alpha value is -2.97. The number of nitrogens with zero attached hydrogens (tertiary/aromatic N) is 2. The number of carbonyl (C=O) groups excluding carboxylic acids is 3. The third kappa shape index (κ3) is 5.80. The lowest BCUT2D eigenvalue weighted by Gasteiger charge is -2.28. The van der Waals surface area contributed by atoms with Gasteiger partial charge in [0.15, 0.2) is 0 Å². The van der Waals surface area contributed by atoms with Crippen molar-refractivity contribution in [3.05, 3.63) is 24.0 Å². The number of anilines is 1. The van der Waals surface area contributed by atoms with Crippen LogP contribution < -0.4 is 21.8 Å². The van der Waals surface area contributed by atoms with Crippen molar-refractivity contribution < 1.29 is 19.8 Å². The molecule has 1 aliphatic carbocycles. The Bertz CT molecular complexity index is 842. The fourth-order valence-electron chi connectivity index (χ4n) is 4.62. The number of rotatable bonds is 8. The van der Waals surface area contributed by atoms with E-state index >= 15 is 0 Å².